The molecule has 1 aromatic carbocycles. The molecule has 3 rings (SSSR count). The molecule has 0 saturated carbocycles. The number of fused-ring (bicyclic) bond motifs is 1. The molecule has 0 aliphatic carbocycles. The SMILES string of the molecule is C=C(C)C(=O)Nc1cccc(CCCc2cc3ncc(C)n3[nH]2)c1. The Bertz CT molecular complexity index is 888. The van der Waals surface area contributed by atoms with Crippen LogP contribution >= 0.6 is 0 Å². The number of aromatic amines is 1. The lowest BCUT2D eigenvalue weighted by Gasteiger charge is -2.07. The molecule has 0 atom stereocenters. The third kappa shape index (κ3) is 3.56. The van der Waals surface area contributed by atoms with Crippen molar-refractivity contribution >= 4 is 17.2 Å². The number of H-pyrrole nitrogens is 1. The fourth-order valence-corrected chi connectivity index (χ4v) is 2.69. The number of hydrogen-bond acceptors (Lipinski definition) is 2. The minimum atomic E-state index is -0.141. The smallest absolute Gasteiger partial charge is 0.250 e. The van der Waals surface area contributed by atoms with Gasteiger partial charge in [-0.1, -0.05) is 18.7 Å². The first kappa shape index (κ1) is 16.1. The van der Waals surface area contributed by atoms with E-state index in [-0.39, 0.29) is 5.91 Å². The largest absolute Gasteiger partial charge is 0.322 e. The van der Waals surface area contributed by atoms with E-state index in [0.29, 0.717) is 5.57 Å². The van der Waals surface area contributed by atoms with Crippen LogP contribution in [0.4, 0.5) is 5.69 Å². The molecule has 0 fully saturated rings. The average Bonchev–Trinajstić information content (AvgIpc) is 3.10. The van der Waals surface area contributed by atoms with Crippen molar-refractivity contribution in [2.75, 3.05) is 5.32 Å². The molecule has 24 heavy (non-hydrogen) atoms. The van der Waals surface area contributed by atoms with E-state index < -0.39 is 0 Å². The van der Waals surface area contributed by atoms with Gasteiger partial charge in [-0.15, -0.1) is 0 Å². The van der Waals surface area contributed by atoms with Crippen molar-refractivity contribution in [2.45, 2.75) is 33.1 Å². The topological polar surface area (TPSA) is 62.2 Å². The van der Waals surface area contributed by atoms with Crippen molar-refractivity contribution < 1.29 is 4.79 Å². The molecule has 3 aromatic rings. The van der Waals surface area contributed by atoms with Gasteiger partial charge < -0.3 is 5.32 Å². The highest BCUT2D eigenvalue weighted by molar-refractivity contribution is 6.02. The monoisotopic (exact) mass is 322 g/mol. The summed E-state index contributed by atoms with van der Waals surface area (Å²) in [6.07, 6.45) is 4.81. The van der Waals surface area contributed by atoms with Gasteiger partial charge in [0.05, 0.1) is 11.9 Å². The number of aromatic nitrogens is 3. The number of hydrogen-bond donors (Lipinski definition) is 2. The third-order valence-electron chi connectivity index (χ3n) is 4.01. The van der Waals surface area contributed by atoms with Gasteiger partial charge in [-0.3, -0.25) is 9.89 Å². The number of aryl methyl sites for hydroxylation is 3. The summed E-state index contributed by atoms with van der Waals surface area (Å²) in [6, 6.07) is 10.1. The number of amides is 1. The van der Waals surface area contributed by atoms with Crippen molar-refractivity contribution in [3.05, 3.63) is 65.6 Å². The van der Waals surface area contributed by atoms with Crippen LogP contribution in [-0.2, 0) is 17.6 Å². The van der Waals surface area contributed by atoms with Crippen LogP contribution in [0.25, 0.3) is 5.65 Å². The third-order valence-corrected chi connectivity index (χ3v) is 4.01. The molecule has 2 aromatic heterocycles. The standard InChI is InChI=1S/C19H22N4O/c1-13(2)19(24)21-16-8-4-6-15(10-16)7-5-9-17-11-18-20-12-14(3)23(18)22-17/h4,6,8,10-12,22H,1,5,7,9H2,2-3H3,(H,21,24). The molecule has 0 unspecified atom stereocenters. The van der Waals surface area contributed by atoms with E-state index in [0.717, 1.165) is 36.3 Å². The second kappa shape index (κ2) is 6.74. The summed E-state index contributed by atoms with van der Waals surface area (Å²) in [5, 5.41) is 6.22. The summed E-state index contributed by atoms with van der Waals surface area (Å²) in [4.78, 5) is 16.0. The minimum Gasteiger partial charge on any atom is -0.322 e. The van der Waals surface area contributed by atoms with Gasteiger partial charge in [0.2, 0.25) is 0 Å². The maximum Gasteiger partial charge on any atom is 0.250 e. The number of carbonyl (C=O) groups excluding carboxylic acids is 1. The van der Waals surface area contributed by atoms with E-state index in [1.54, 1.807) is 6.92 Å². The summed E-state index contributed by atoms with van der Waals surface area (Å²) in [5.74, 6) is -0.141. The molecule has 0 aliphatic rings. The number of anilines is 1. The molecular formula is C19H22N4O. The van der Waals surface area contributed by atoms with Crippen LogP contribution < -0.4 is 5.32 Å². The fourth-order valence-electron chi connectivity index (χ4n) is 2.69. The number of nitrogens with zero attached hydrogens (tertiary/aromatic N) is 2. The second-order valence-corrected chi connectivity index (χ2v) is 6.16. The molecule has 0 saturated heterocycles. The highest BCUT2D eigenvalue weighted by Crippen LogP contribution is 2.15. The lowest BCUT2D eigenvalue weighted by Crippen LogP contribution is -2.11. The van der Waals surface area contributed by atoms with Crippen LogP contribution in [-0.4, -0.2) is 20.5 Å². The van der Waals surface area contributed by atoms with Crippen LogP contribution in [0.3, 0.4) is 0 Å². The van der Waals surface area contributed by atoms with Crippen LogP contribution in [0, 0.1) is 6.92 Å². The van der Waals surface area contributed by atoms with Gasteiger partial charge >= 0.3 is 0 Å². The van der Waals surface area contributed by atoms with Crippen molar-refractivity contribution in [1.82, 2.24) is 14.6 Å². The highest BCUT2D eigenvalue weighted by Gasteiger charge is 2.05. The molecule has 5 heteroatoms. The first-order chi connectivity index (χ1) is 11.5. The van der Waals surface area contributed by atoms with Gasteiger partial charge in [-0.05, 0) is 50.8 Å². The summed E-state index contributed by atoms with van der Waals surface area (Å²) in [6.45, 7) is 7.39. The Hall–Kier alpha value is -2.82. The number of imidazole rings is 1. The number of nitrogens with one attached hydrogen (secondary N) is 2. The van der Waals surface area contributed by atoms with Crippen molar-refractivity contribution in [2.24, 2.45) is 0 Å². The van der Waals surface area contributed by atoms with Gasteiger partial charge in [-0.25, -0.2) is 9.50 Å². The second-order valence-electron chi connectivity index (χ2n) is 6.16. The molecule has 0 aliphatic heterocycles. The first-order valence-corrected chi connectivity index (χ1v) is 8.10. The van der Waals surface area contributed by atoms with Crippen molar-refractivity contribution in [1.29, 1.82) is 0 Å². The summed E-state index contributed by atoms with van der Waals surface area (Å²) < 4.78 is 2.00. The molecule has 0 spiro atoms. The Labute approximate surface area is 141 Å². The summed E-state index contributed by atoms with van der Waals surface area (Å²) in [5.41, 5.74) is 5.79. The number of carbonyl (C=O) groups is 1. The van der Waals surface area contributed by atoms with Crippen LogP contribution in [0.1, 0.15) is 30.3 Å². The van der Waals surface area contributed by atoms with Crippen molar-refractivity contribution in [3.8, 4) is 0 Å². The van der Waals surface area contributed by atoms with Gasteiger partial charge in [0.15, 0.2) is 5.65 Å². The molecular weight excluding hydrogens is 300 g/mol. The van der Waals surface area contributed by atoms with Gasteiger partial charge in [-0.2, -0.15) is 0 Å². The van der Waals surface area contributed by atoms with Crippen molar-refractivity contribution in [3.63, 3.8) is 0 Å². The lowest BCUT2D eigenvalue weighted by molar-refractivity contribution is -0.112. The van der Waals surface area contributed by atoms with E-state index in [4.69, 9.17) is 0 Å². The normalized spacial score (nSPS) is 10.9. The van der Waals surface area contributed by atoms with Gasteiger partial charge in [0, 0.05) is 23.0 Å². The maximum atomic E-state index is 11.7. The average molecular weight is 322 g/mol. The summed E-state index contributed by atoms with van der Waals surface area (Å²) >= 11 is 0. The van der Waals surface area contributed by atoms with Crippen LogP contribution in [0.5, 0.6) is 0 Å². The molecule has 0 bridgehead atoms. The van der Waals surface area contributed by atoms with E-state index in [2.05, 4.69) is 34.1 Å². The predicted molar refractivity (Wildman–Crippen MR) is 96.2 cm³/mol. The van der Waals surface area contributed by atoms with E-state index in [9.17, 15) is 4.79 Å². The lowest BCUT2D eigenvalue weighted by atomic mass is 10.1. The zero-order valence-corrected chi connectivity index (χ0v) is 14.1. The summed E-state index contributed by atoms with van der Waals surface area (Å²) in [7, 11) is 0. The Balaban J connectivity index is 1.58. The highest BCUT2D eigenvalue weighted by atomic mass is 16.1. The molecule has 5 nitrogen and oxygen atoms in total. The molecule has 124 valence electrons. The molecule has 0 radical (unpaired) electrons. The zero-order valence-electron chi connectivity index (χ0n) is 14.1. The maximum absolute atomic E-state index is 11.7. The Morgan fingerprint density at radius 3 is 2.92 bits per heavy atom. The number of rotatable bonds is 6. The molecule has 2 heterocycles. The van der Waals surface area contributed by atoms with E-state index in [1.165, 1.54) is 11.3 Å². The predicted octanol–water partition coefficient (Wildman–Crippen LogP) is 3.66. The van der Waals surface area contributed by atoms with E-state index >= 15 is 0 Å². The van der Waals surface area contributed by atoms with Gasteiger partial charge in [0.1, 0.15) is 0 Å². The van der Waals surface area contributed by atoms with Crippen LogP contribution in [0.15, 0.2) is 48.7 Å². The first-order valence-electron chi connectivity index (χ1n) is 8.10. The Morgan fingerprint density at radius 2 is 2.17 bits per heavy atom. The number of benzene rings is 1. The van der Waals surface area contributed by atoms with Crippen LogP contribution in [0.2, 0.25) is 0 Å². The fraction of sp³-hybridized carbons (Fsp3) is 0.263. The molecule has 1 amide bonds. The molecule has 2 N–H and O–H groups in total. The van der Waals surface area contributed by atoms with Gasteiger partial charge in [0.25, 0.3) is 5.91 Å². The van der Waals surface area contributed by atoms with E-state index in [1.807, 2.05) is 35.8 Å². The minimum absolute atomic E-state index is 0.141. The zero-order chi connectivity index (χ0) is 17.1. The Kier molecular flexibility index (Phi) is 4.51. The quantitative estimate of drug-likeness (QED) is 0.680. The Morgan fingerprint density at radius 1 is 1.33 bits per heavy atom.